The quantitative estimate of drug-likeness (QED) is 0.288. The lowest BCUT2D eigenvalue weighted by atomic mass is 9.95. The van der Waals surface area contributed by atoms with Crippen LogP contribution in [0.1, 0.15) is 57.3 Å². The zero-order chi connectivity index (χ0) is 21.3. The van der Waals surface area contributed by atoms with Crippen molar-refractivity contribution in [1.82, 2.24) is 20.8 Å². The minimum absolute atomic E-state index is 0. The number of nitrogens with one attached hydrogen (secondary N) is 2. The first kappa shape index (κ1) is 25.8. The summed E-state index contributed by atoms with van der Waals surface area (Å²) in [6, 6.07) is 8.42. The van der Waals surface area contributed by atoms with Crippen LogP contribution in [0.3, 0.4) is 0 Å². The molecule has 0 spiro atoms. The second-order valence-electron chi connectivity index (χ2n) is 7.69. The summed E-state index contributed by atoms with van der Waals surface area (Å²) in [7, 11) is 1.06. The third-order valence-electron chi connectivity index (χ3n) is 5.42. The highest BCUT2D eigenvalue weighted by atomic mass is 127. The Morgan fingerprint density at radius 1 is 1.32 bits per heavy atom. The van der Waals surface area contributed by atoms with Crippen LogP contribution in [0.25, 0.3) is 11.5 Å². The molecule has 3 unspecified atom stereocenters. The first-order valence-corrected chi connectivity index (χ1v) is 12.3. The molecule has 2 aromatic rings. The summed E-state index contributed by atoms with van der Waals surface area (Å²) >= 11 is 0. The van der Waals surface area contributed by atoms with Gasteiger partial charge in [-0.1, -0.05) is 37.6 Å². The zero-order valence-electron chi connectivity index (χ0n) is 18.6. The molecule has 1 aromatic heterocycles. The molecule has 1 heterocycles. The summed E-state index contributed by atoms with van der Waals surface area (Å²) < 4.78 is 17.6. The molecule has 7 nitrogen and oxygen atoms in total. The van der Waals surface area contributed by atoms with Crippen LogP contribution >= 0.6 is 24.0 Å². The van der Waals surface area contributed by atoms with E-state index < -0.39 is 10.8 Å². The lowest BCUT2D eigenvalue weighted by molar-refractivity contribution is 0.413. The van der Waals surface area contributed by atoms with Crippen LogP contribution < -0.4 is 10.6 Å². The van der Waals surface area contributed by atoms with Gasteiger partial charge in [-0.05, 0) is 43.4 Å². The highest BCUT2D eigenvalue weighted by molar-refractivity contribution is 14.0. The smallest absolute Gasteiger partial charge is 0.257 e. The van der Waals surface area contributed by atoms with Crippen molar-refractivity contribution in [3.8, 4) is 11.5 Å². The molecule has 1 aromatic carbocycles. The largest absolute Gasteiger partial charge is 0.354 e. The number of aromatic nitrogens is 2. The maximum atomic E-state index is 12.2. The number of guanidine groups is 1. The average molecular weight is 560 g/mol. The Morgan fingerprint density at radius 2 is 2.16 bits per heavy atom. The summed E-state index contributed by atoms with van der Waals surface area (Å²) in [4.78, 5) is 8.84. The minimum atomic E-state index is -0.725. The van der Waals surface area contributed by atoms with Gasteiger partial charge >= 0.3 is 0 Å². The molecule has 0 amide bonds. The van der Waals surface area contributed by atoms with E-state index in [1.807, 2.05) is 19.1 Å². The standard InChI is InChI=1S/C22H33N5O2S.HI/c1-4-8-20-26-21(29-27-20)17-10-6-9-16(13-17)15-24-22(23-3)25-18-11-7-12-19(14-18)30(28)5-2;/h6,9-10,13,18-19H,4-5,7-8,11-12,14-15H2,1-3H3,(H2,23,24,25);1H. The normalized spacial score (nSPS) is 20.0. The van der Waals surface area contributed by atoms with Crippen molar-refractivity contribution in [1.29, 1.82) is 0 Å². The summed E-state index contributed by atoms with van der Waals surface area (Å²) in [5.74, 6) is 2.81. The van der Waals surface area contributed by atoms with Crippen molar-refractivity contribution in [2.75, 3.05) is 12.8 Å². The number of halogens is 1. The number of hydrogen-bond donors (Lipinski definition) is 2. The molecule has 3 atom stereocenters. The summed E-state index contributed by atoms with van der Waals surface area (Å²) in [6.45, 7) is 4.74. The number of aryl methyl sites for hydroxylation is 1. The molecule has 3 rings (SSSR count). The maximum Gasteiger partial charge on any atom is 0.257 e. The van der Waals surface area contributed by atoms with Crippen LogP contribution in [0, 0.1) is 0 Å². The van der Waals surface area contributed by atoms with Crippen LogP contribution in [0.15, 0.2) is 33.8 Å². The fourth-order valence-corrected chi connectivity index (χ4v) is 5.18. The van der Waals surface area contributed by atoms with Crippen LogP contribution in [0.5, 0.6) is 0 Å². The topological polar surface area (TPSA) is 92.4 Å². The van der Waals surface area contributed by atoms with E-state index in [4.69, 9.17) is 4.52 Å². The lowest BCUT2D eigenvalue weighted by Crippen LogP contribution is -2.46. The SMILES string of the molecule is CCCc1noc(-c2cccc(CNC(=NC)NC3CCCC(S(=O)CC)C3)c2)n1.I. The molecular weight excluding hydrogens is 525 g/mol. The van der Waals surface area contributed by atoms with Gasteiger partial charge in [0.05, 0.1) is 0 Å². The minimum Gasteiger partial charge on any atom is -0.354 e. The zero-order valence-corrected chi connectivity index (χ0v) is 21.7. The van der Waals surface area contributed by atoms with E-state index in [9.17, 15) is 4.21 Å². The molecule has 0 aliphatic heterocycles. The number of aliphatic imine (C=N–C) groups is 1. The molecule has 1 fully saturated rings. The second-order valence-corrected chi connectivity index (χ2v) is 9.70. The molecular formula is C22H34IN5O2S. The van der Waals surface area contributed by atoms with Gasteiger partial charge in [0.1, 0.15) is 0 Å². The molecule has 9 heteroatoms. The van der Waals surface area contributed by atoms with Crippen molar-refractivity contribution >= 4 is 40.7 Å². The van der Waals surface area contributed by atoms with Crippen molar-refractivity contribution in [2.45, 2.75) is 70.2 Å². The Hall–Kier alpha value is -1.49. The van der Waals surface area contributed by atoms with E-state index in [1.54, 1.807) is 7.05 Å². The van der Waals surface area contributed by atoms with Gasteiger partial charge in [0.2, 0.25) is 0 Å². The fraction of sp³-hybridized carbons (Fsp3) is 0.591. The van der Waals surface area contributed by atoms with E-state index >= 15 is 0 Å². The van der Waals surface area contributed by atoms with Gasteiger partial charge in [0.25, 0.3) is 5.89 Å². The van der Waals surface area contributed by atoms with E-state index in [-0.39, 0.29) is 24.0 Å². The van der Waals surface area contributed by atoms with Crippen molar-refractivity contribution in [2.24, 2.45) is 4.99 Å². The van der Waals surface area contributed by atoms with Gasteiger partial charge in [-0.15, -0.1) is 24.0 Å². The van der Waals surface area contributed by atoms with Gasteiger partial charge in [0, 0.05) is 53.4 Å². The summed E-state index contributed by atoms with van der Waals surface area (Å²) in [5, 5.41) is 11.2. The number of hydrogen-bond acceptors (Lipinski definition) is 5. The van der Waals surface area contributed by atoms with Crippen molar-refractivity contribution in [3.05, 3.63) is 35.7 Å². The summed E-state index contributed by atoms with van der Waals surface area (Å²) in [5.41, 5.74) is 2.03. The molecule has 31 heavy (non-hydrogen) atoms. The van der Waals surface area contributed by atoms with Crippen LogP contribution in [-0.2, 0) is 23.8 Å². The predicted octanol–water partition coefficient (Wildman–Crippen LogP) is 4.05. The molecule has 1 saturated carbocycles. The Labute approximate surface area is 204 Å². The molecule has 2 N–H and O–H groups in total. The fourth-order valence-electron chi connectivity index (χ4n) is 3.83. The van der Waals surface area contributed by atoms with Crippen LogP contribution in [0.2, 0.25) is 0 Å². The second kappa shape index (κ2) is 13.1. The molecule has 172 valence electrons. The first-order chi connectivity index (χ1) is 14.6. The van der Waals surface area contributed by atoms with Crippen LogP contribution in [-0.4, -0.2) is 44.4 Å². The average Bonchev–Trinajstić information content (AvgIpc) is 3.25. The number of benzene rings is 1. The summed E-state index contributed by atoms with van der Waals surface area (Å²) in [6.07, 6.45) is 6.01. The van der Waals surface area contributed by atoms with E-state index in [0.717, 1.165) is 67.2 Å². The Balaban J connectivity index is 0.00000341. The van der Waals surface area contributed by atoms with E-state index in [2.05, 4.69) is 44.8 Å². The van der Waals surface area contributed by atoms with Gasteiger partial charge in [-0.25, -0.2) is 0 Å². The Bertz CT molecular complexity index is 873. The predicted molar refractivity (Wildman–Crippen MR) is 137 cm³/mol. The Morgan fingerprint density at radius 3 is 2.90 bits per heavy atom. The monoisotopic (exact) mass is 559 g/mol. The van der Waals surface area contributed by atoms with Crippen molar-refractivity contribution in [3.63, 3.8) is 0 Å². The molecule has 1 aliphatic carbocycles. The lowest BCUT2D eigenvalue weighted by Gasteiger charge is -2.30. The molecule has 0 radical (unpaired) electrons. The molecule has 1 aliphatic rings. The number of rotatable bonds is 8. The van der Waals surface area contributed by atoms with Gasteiger partial charge in [0.15, 0.2) is 11.8 Å². The van der Waals surface area contributed by atoms with Crippen molar-refractivity contribution < 1.29 is 8.73 Å². The molecule has 0 bridgehead atoms. The van der Waals surface area contributed by atoms with E-state index in [0.29, 0.717) is 23.7 Å². The first-order valence-electron chi connectivity index (χ1n) is 10.9. The highest BCUT2D eigenvalue weighted by Crippen LogP contribution is 2.23. The maximum absolute atomic E-state index is 12.2. The molecule has 0 saturated heterocycles. The van der Waals surface area contributed by atoms with Gasteiger partial charge in [-0.3, -0.25) is 9.20 Å². The Kier molecular flexibility index (Phi) is 10.9. The third-order valence-corrected chi connectivity index (χ3v) is 7.16. The highest BCUT2D eigenvalue weighted by Gasteiger charge is 2.26. The van der Waals surface area contributed by atoms with Gasteiger partial charge < -0.3 is 15.2 Å². The third kappa shape index (κ3) is 7.55. The van der Waals surface area contributed by atoms with E-state index in [1.165, 1.54) is 0 Å². The van der Waals surface area contributed by atoms with Gasteiger partial charge in [-0.2, -0.15) is 4.98 Å². The number of nitrogens with zero attached hydrogens (tertiary/aromatic N) is 3. The van der Waals surface area contributed by atoms with Crippen LogP contribution in [0.4, 0.5) is 0 Å².